The highest BCUT2D eigenvalue weighted by Gasteiger charge is 2.21. The number of benzene rings is 4. The lowest BCUT2D eigenvalue weighted by Gasteiger charge is -2.07. The Balaban J connectivity index is 0.00000212. The van der Waals surface area contributed by atoms with Crippen molar-refractivity contribution in [3.8, 4) is 44.5 Å². The van der Waals surface area contributed by atoms with Gasteiger partial charge in [-0.15, -0.1) is 0 Å². The molecule has 0 saturated heterocycles. The van der Waals surface area contributed by atoms with Gasteiger partial charge in [-0.1, -0.05) is 48.5 Å². The van der Waals surface area contributed by atoms with Crippen molar-refractivity contribution in [2.75, 3.05) is 0 Å². The molecule has 0 radical (unpaired) electrons. The number of halogens is 8. The van der Waals surface area contributed by atoms with E-state index in [-0.39, 0.29) is 67.9 Å². The molecule has 418 valence electrons. The van der Waals surface area contributed by atoms with Crippen molar-refractivity contribution in [1.29, 1.82) is 0 Å². The Morgan fingerprint density at radius 3 is 0.643 bits per heavy atom. The van der Waals surface area contributed by atoms with Crippen LogP contribution in [0.4, 0.5) is 0 Å². The minimum absolute atomic E-state index is 0. The molecule has 0 saturated carbocycles. The quantitative estimate of drug-likeness (QED) is 0.146. The fourth-order valence-corrected chi connectivity index (χ4v) is 12.0. The Morgan fingerprint density at radius 2 is 0.452 bits per heavy atom. The van der Waals surface area contributed by atoms with Gasteiger partial charge in [0, 0.05) is 129 Å². The lowest BCUT2D eigenvalue weighted by Crippen LogP contribution is -3.00. The number of hydrogen-bond donors (Lipinski definition) is 2. The topological polar surface area (TPSA) is 72.9 Å². The highest BCUT2D eigenvalue weighted by molar-refractivity contribution is 14.1. The molecule has 2 N–H and O–H groups in total. The van der Waals surface area contributed by atoms with Crippen LogP contribution in [0.1, 0.15) is 45.0 Å². The first-order valence-corrected chi connectivity index (χ1v) is 30.6. The van der Waals surface area contributed by atoms with E-state index in [1.54, 1.807) is 0 Å². The molecule has 9 heterocycles. The molecule has 0 spiro atoms. The first-order valence-electron chi connectivity index (χ1n) is 26.3. The molecule has 0 amide bonds. The number of nitrogens with one attached hydrogen (secondary N) is 2. The van der Waals surface area contributed by atoms with E-state index in [0.717, 1.165) is 116 Å². The van der Waals surface area contributed by atoms with Gasteiger partial charge in [0.25, 0.3) is 0 Å². The van der Waals surface area contributed by atoms with E-state index >= 15 is 0 Å². The van der Waals surface area contributed by atoms with Gasteiger partial charge in [0.15, 0.2) is 75.8 Å². The van der Waals surface area contributed by atoms with Gasteiger partial charge in [0.05, 0.1) is 22.8 Å². The second kappa shape index (κ2) is 28.6. The fourth-order valence-electron chi connectivity index (χ4n) is 10.5. The van der Waals surface area contributed by atoms with Crippen LogP contribution in [0.15, 0.2) is 219 Å². The summed E-state index contributed by atoms with van der Waals surface area (Å²) in [5, 5.41) is 0. The van der Waals surface area contributed by atoms with Crippen LogP contribution in [0.2, 0.25) is 0 Å². The molecule has 84 heavy (non-hydrogen) atoms. The molecule has 13 rings (SSSR count). The molecule has 8 nitrogen and oxygen atoms in total. The van der Waals surface area contributed by atoms with Crippen LogP contribution >= 0.6 is 90.4 Å². The van der Waals surface area contributed by atoms with Crippen molar-refractivity contribution in [2.24, 2.45) is 0 Å². The number of pyridine rings is 4. The zero-order chi connectivity index (χ0) is 54.1. The fraction of sp³-hybridized carbons (Fsp3) is 0.0588. The third-order valence-corrected chi connectivity index (χ3v) is 17.5. The van der Waals surface area contributed by atoms with Gasteiger partial charge in [0.2, 0.25) is 0 Å². The van der Waals surface area contributed by atoms with E-state index in [1.165, 1.54) is 36.5 Å². The number of hydrogen-bond acceptors (Lipinski definition) is 2. The maximum absolute atomic E-state index is 5.62. The van der Waals surface area contributed by atoms with Crippen LogP contribution in [0.25, 0.3) is 90.9 Å². The predicted octanol–water partition coefficient (Wildman–Crippen LogP) is 3.10. The second-order valence-electron chi connectivity index (χ2n) is 20.0. The van der Waals surface area contributed by atoms with E-state index in [0.29, 0.717) is 0 Å². The summed E-state index contributed by atoms with van der Waals surface area (Å²) >= 11 is 9.46. The van der Waals surface area contributed by atoms with E-state index in [9.17, 15) is 0 Å². The van der Waals surface area contributed by atoms with Crippen LogP contribution in [-0.4, -0.2) is 19.9 Å². The maximum Gasteiger partial charge on any atom is 0.173 e. The summed E-state index contributed by atoms with van der Waals surface area (Å²) in [6.45, 7) is 3.06. The van der Waals surface area contributed by atoms with Gasteiger partial charge in [-0.3, -0.25) is 0 Å². The summed E-state index contributed by atoms with van der Waals surface area (Å²) in [4.78, 5) is 19.2. The van der Waals surface area contributed by atoms with E-state index in [4.69, 9.17) is 9.97 Å². The monoisotopic (exact) mass is 1800 g/mol. The third-order valence-electron chi connectivity index (χ3n) is 14.6. The number of aromatic amines is 2. The largest absolute Gasteiger partial charge is 1.00 e. The van der Waals surface area contributed by atoms with Gasteiger partial charge in [0.1, 0.15) is 0 Å². The van der Waals surface area contributed by atoms with Gasteiger partial charge in [-0.05, 0) is 210 Å². The summed E-state index contributed by atoms with van der Waals surface area (Å²) in [6, 6.07) is 61.4. The molecule has 16 heteroatoms. The summed E-state index contributed by atoms with van der Waals surface area (Å²) in [5.74, 6) is 0. The van der Waals surface area contributed by atoms with Gasteiger partial charge in [-0.2, -0.15) is 0 Å². The normalized spacial score (nSPS) is 11.3. The van der Waals surface area contributed by atoms with Gasteiger partial charge < -0.3 is 77.9 Å². The van der Waals surface area contributed by atoms with Crippen molar-refractivity contribution in [3.05, 3.63) is 279 Å². The predicted molar refractivity (Wildman–Crippen MR) is 354 cm³/mol. The van der Waals surface area contributed by atoms with Crippen LogP contribution in [0, 0.1) is 14.3 Å². The molecular formula is C68H50Br4I4N8. The molecule has 2 aliphatic rings. The van der Waals surface area contributed by atoms with Crippen molar-refractivity contribution in [1.82, 2.24) is 19.9 Å². The summed E-state index contributed by atoms with van der Waals surface area (Å²) in [6.07, 6.45) is 26.1. The second-order valence-corrected chi connectivity index (χ2v) is 25.0. The molecule has 2 aliphatic heterocycles. The Labute approximate surface area is 585 Å². The number of nitrogens with zero attached hydrogens (tertiary/aromatic N) is 6. The summed E-state index contributed by atoms with van der Waals surface area (Å²) in [5.41, 5.74) is 20.5. The number of H-pyrrole nitrogens is 2. The lowest BCUT2D eigenvalue weighted by molar-refractivity contribution is -0.688. The lowest BCUT2D eigenvalue weighted by atomic mass is 10.0. The van der Waals surface area contributed by atoms with E-state index in [1.807, 2.05) is 0 Å². The number of fused-ring (bicyclic) bond motifs is 8. The highest BCUT2D eigenvalue weighted by Crippen LogP contribution is 2.38. The third kappa shape index (κ3) is 14.5. The summed E-state index contributed by atoms with van der Waals surface area (Å²) in [7, 11) is 0. The molecule has 7 aromatic heterocycles. The Morgan fingerprint density at radius 1 is 0.262 bits per heavy atom. The highest BCUT2D eigenvalue weighted by atomic mass is 127. The molecule has 0 aliphatic carbocycles. The Bertz CT molecular complexity index is 3790. The average molecular weight is 1810 g/mol. The molecule has 11 aromatic rings. The molecule has 0 atom stereocenters. The van der Waals surface area contributed by atoms with Gasteiger partial charge in [-0.25, -0.2) is 28.2 Å². The smallest absolute Gasteiger partial charge is 0.173 e. The minimum Gasteiger partial charge on any atom is -1.00 e. The Hall–Kier alpha value is -5.08. The number of aromatic nitrogens is 8. The van der Waals surface area contributed by atoms with E-state index < -0.39 is 0 Å². The first-order chi connectivity index (χ1) is 39.2. The molecule has 4 aromatic carbocycles. The van der Waals surface area contributed by atoms with Crippen LogP contribution in [0.5, 0.6) is 0 Å². The molecular weight excluding hydrogens is 1760 g/mol. The van der Waals surface area contributed by atoms with Crippen molar-refractivity contribution < 1.29 is 86.2 Å². The molecule has 0 fully saturated rings. The van der Waals surface area contributed by atoms with Gasteiger partial charge >= 0.3 is 0 Å². The SMILES string of the molecule is Ic1ccc(C[n+]2ccc(-c3c4nc(c(-c5cc[n+](Cc6ccc(I)cc6)cc5)c5ccc([nH]5)c(-c5cc[n+](Cc6ccc(I)cc6)cc5)c5nc(c(-c6cc[n+](Cc7ccc(I)cc7)cc6)c6ccc3[nH]6)C=C5)C=C4)cc2)cc1.[Br-].[Br-].[Br-].[Br-]. The minimum atomic E-state index is 0. The molecule has 8 bridgehead atoms. The summed E-state index contributed by atoms with van der Waals surface area (Å²) < 4.78 is 13.8. The first kappa shape index (κ1) is 63.4. The van der Waals surface area contributed by atoms with Crippen LogP contribution in [0.3, 0.4) is 0 Å². The molecule has 0 unspecified atom stereocenters. The van der Waals surface area contributed by atoms with E-state index in [2.05, 4.69) is 362 Å². The van der Waals surface area contributed by atoms with Crippen molar-refractivity contribution >= 4 is 137 Å². The number of rotatable bonds is 12. The Kier molecular flexibility index (Phi) is 21.6. The standard InChI is InChI=1S/C68H49I4N8.4BrH/c69-53-9-1-45(2-10-53)41-77-33-25-49(26-34-77)65-57-17-19-59(73-57)66(50-27-35-78(36-28-50)42-46-3-11-54(70)12-4-46)61-21-23-63(75-61)68(52-31-39-80(40-32-52)44-48-7-15-56(72)16-8-48)64-24-22-62(76-64)67(60-20-18-58(65)74-60)51-29-37-79(38-30-51)43-47-5-13-55(71)14-6-47;;;;/h1-40H,41-44H2,(H,73,74,75,76);4*1H/q+3;;;;/p-3. The van der Waals surface area contributed by atoms with Crippen molar-refractivity contribution in [3.63, 3.8) is 0 Å². The zero-order valence-electron chi connectivity index (χ0n) is 44.6. The average Bonchev–Trinajstić information content (AvgIpc) is 4.53. The van der Waals surface area contributed by atoms with Crippen molar-refractivity contribution in [2.45, 2.75) is 26.2 Å². The maximum atomic E-state index is 5.62. The zero-order valence-corrected chi connectivity index (χ0v) is 59.6. The van der Waals surface area contributed by atoms with Crippen LogP contribution in [-0.2, 0) is 26.2 Å². The van der Waals surface area contributed by atoms with Crippen LogP contribution < -0.4 is 86.2 Å².